The van der Waals surface area contributed by atoms with Gasteiger partial charge in [-0.3, -0.25) is 0 Å². The molecule has 5 rings (SSSR count). The Morgan fingerprint density at radius 2 is 1.14 bits per heavy atom. The Labute approximate surface area is 218 Å². The van der Waals surface area contributed by atoms with E-state index in [-0.39, 0.29) is 24.8 Å². The van der Waals surface area contributed by atoms with Gasteiger partial charge in [0.1, 0.15) is 11.7 Å². The van der Waals surface area contributed by atoms with Crippen LogP contribution < -0.4 is 18.9 Å². The topological polar surface area (TPSA) is 54.0 Å². The Morgan fingerprint density at radius 1 is 0.686 bits per heavy atom. The number of fused-ring (bicyclic) bond motifs is 1. The third-order valence-electron chi connectivity index (χ3n) is 6.06. The summed E-state index contributed by atoms with van der Waals surface area (Å²) in [5.41, 5.74) is 9.04. The van der Waals surface area contributed by atoms with Crippen LogP contribution in [-0.2, 0) is 10.4 Å². The number of benzene rings is 4. The number of hydroxylamine groups is 1. The van der Waals surface area contributed by atoms with Crippen molar-refractivity contribution in [1.29, 1.82) is 0 Å². The van der Waals surface area contributed by atoms with Crippen molar-refractivity contribution in [3.05, 3.63) is 137 Å². The largest absolute Gasteiger partial charge is 1.00 e. The molecule has 1 atom stereocenters. The van der Waals surface area contributed by atoms with Gasteiger partial charge in [-0.25, -0.2) is 4.68 Å². The fourth-order valence-electron chi connectivity index (χ4n) is 4.35. The van der Waals surface area contributed by atoms with Crippen molar-refractivity contribution in [3.8, 4) is 0 Å². The first-order valence-corrected chi connectivity index (χ1v) is 11.5. The number of hydrogen-bond acceptors (Lipinski definition) is 3. The van der Waals surface area contributed by atoms with Crippen LogP contribution in [0.15, 0.2) is 115 Å². The molecule has 6 heteroatoms. The van der Waals surface area contributed by atoms with E-state index in [2.05, 4.69) is 60.6 Å². The molecule has 5 nitrogen and oxygen atoms in total. The molecule has 0 fully saturated rings. The van der Waals surface area contributed by atoms with Crippen LogP contribution in [0.5, 0.6) is 0 Å². The van der Waals surface area contributed by atoms with E-state index in [1.54, 1.807) is 0 Å². The van der Waals surface area contributed by atoms with E-state index >= 15 is 0 Å². The standard InChI is InChI=1S/C29H27N4O.Li/c1-22(2)28(33-27-21-13-12-20-26(27)30-32-33)34-31-29(23-14-6-3-7-15-23,24-16-8-4-9-17-24)25-18-10-5-11-19-25;/h3-22,28H,1-2H3;/q-1;+1. The maximum atomic E-state index is 6.47. The summed E-state index contributed by atoms with van der Waals surface area (Å²) in [6.45, 7) is 4.21. The van der Waals surface area contributed by atoms with Gasteiger partial charge in [0.15, 0.2) is 0 Å². The molecule has 0 saturated carbocycles. The monoisotopic (exact) mass is 454 g/mol. The number of para-hydroxylation sites is 1. The number of aromatic nitrogens is 3. The molecule has 0 spiro atoms. The van der Waals surface area contributed by atoms with E-state index < -0.39 is 11.8 Å². The van der Waals surface area contributed by atoms with Gasteiger partial charge in [0.2, 0.25) is 0 Å². The fraction of sp³-hybridized carbons (Fsp3) is 0.172. The number of rotatable bonds is 8. The molecule has 0 aliphatic carbocycles. The maximum Gasteiger partial charge on any atom is 1.00 e. The Kier molecular flexibility index (Phi) is 7.85. The average Bonchev–Trinajstić information content (AvgIpc) is 3.32. The molecular weight excluding hydrogens is 427 g/mol. The molecule has 5 aromatic rings. The Morgan fingerprint density at radius 3 is 1.63 bits per heavy atom. The zero-order chi connectivity index (χ0) is 23.4. The van der Waals surface area contributed by atoms with Crippen molar-refractivity contribution < 1.29 is 23.7 Å². The van der Waals surface area contributed by atoms with Crippen LogP contribution in [0.2, 0.25) is 0 Å². The van der Waals surface area contributed by atoms with E-state index in [4.69, 9.17) is 10.3 Å². The molecular formula is C29H27LiN4O. The summed E-state index contributed by atoms with van der Waals surface area (Å²) in [6, 6.07) is 38.8. The van der Waals surface area contributed by atoms with Crippen molar-refractivity contribution in [1.82, 2.24) is 15.0 Å². The van der Waals surface area contributed by atoms with E-state index in [0.717, 1.165) is 27.7 Å². The van der Waals surface area contributed by atoms with Gasteiger partial charge in [0, 0.05) is 0 Å². The summed E-state index contributed by atoms with van der Waals surface area (Å²) >= 11 is 0. The smallest absolute Gasteiger partial charge is 0.515 e. The average molecular weight is 455 g/mol. The minimum absolute atomic E-state index is 0. The molecule has 35 heavy (non-hydrogen) atoms. The Hall–Kier alpha value is -3.20. The summed E-state index contributed by atoms with van der Waals surface area (Å²) < 4.78 is 1.83. The van der Waals surface area contributed by atoms with Crippen LogP contribution in [0.1, 0.15) is 36.8 Å². The van der Waals surface area contributed by atoms with Crippen LogP contribution in [0, 0.1) is 5.92 Å². The third-order valence-corrected chi connectivity index (χ3v) is 6.06. The first kappa shape index (κ1) is 24.9. The molecule has 0 saturated heterocycles. The molecule has 0 N–H and O–H groups in total. The van der Waals surface area contributed by atoms with Crippen LogP contribution in [0.4, 0.5) is 0 Å². The van der Waals surface area contributed by atoms with Crippen LogP contribution in [-0.4, -0.2) is 15.0 Å². The Bertz CT molecular complexity index is 1240. The molecule has 1 heterocycles. The Balaban J connectivity index is 0.00000289. The molecule has 0 amide bonds. The quantitative estimate of drug-likeness (QED) is 0.203. The van der Waals surface area contributed by atoms with Crippen molar-refractivity contribution in [3.63, 3.8) is 0 Å². The van der Waals surface area contributed by atoms with Gasteiger partial charge >= 0.3 is 18.9 Å². The van der Waals surface area contributed by atoms with Crippen molar-refractivity contribution in [2.45, 2.75) is 25.6 Å². The second-order valence-corrected chi connectivity index (χ2v) is 8.66. The molecule has 170 valence electrons. The van der Waals surface area contributed by atoms with Gasteiger partial charge in [-0.05, 0) is 23.6 Å². The second-order valence-electron chi connectivity index (χ2n) is 8.66. The third kappa shape index (κ3) is 4.82. The second kappa shape index (κ2) is 11.0. The normalized spacial score (nSPS) is 12.4. The summed E-state index contributed by atoms with van der Waals surface area (Å²) in [7, 11) is 0. The summed E-state index contributed by atoms with van der Waals surface area (Å²) in [6.07, 6.45) is -0.428. The van der Waals surface area contributed by atoms with Crippen LogP contribution >= 0.6 is 0 Å². The zero-order valence-corrected chi connectivity index (χ0v) is 20.3. The molecule has 1 aromatic heterocycles. The van der Waals surface area contributed by atoms with Crippen molar-refractivity contribution in [2.24, 2.45) is 5.92 Å². The first-order chi connectivity index (χ1) is 16.7. The molecule has 0 radical (unpaired) electrons. The molecule has 0 aliphatic heterocycles. The van der Waals surface area contributed by atoms with Gasteiger partial charge in [0.25, 0.3) is 0 Å². The van der Waals surface area contributed by atoms with Crippen LogP contribution in [0.25, 0.3) is 16.5 Å². The minimum atomic E-state index is -0.854. The van der Waals surface area contributed by atoms with Crippen molar-refractivity contribution in [2.75, 3.05) is 0 Å². The van der Waals surface area contributed by atoms with E-state index in [1.165, 1.54) is 0 Å². The van der Waals surface area contributed by atoms with E-state index in [1.807, 2.05) is 83.5 Å². The number of hydrogen-bond donors (Lipinski definition) is 0. The number of nitrogens with zero attached hydrogens (tertiary/aromatic N) is 4. The van der Waals surface area contributed by atoms with Gasteiger partial charge in [-0.15, -0.1) is 5.10 Å². The maximum absolute atomic E-state index is 6.47. The van der Waals surface area contributed by atoms with Gasteiger partial charge in [-0.2, -0.15) is 0 Å². The zero-order valence-electron chi connectivity index (χ0n) is 20.3. The van der Waals surface area contributed by atoms with Gasteiger partial charge in [-0.1, -0.05) is 139 Å². The molecule has 1 unspecified atom stereocenters. The van der Waals surface area contributed by atoms with E-state index in [9.17, 15) is 0 Å². The minimum Gasteiger partial charge on any atom is -0.515 e. The summed E-state index contributed by atoms with van der Waals surface area (Å²) in [5.74, 6) is 0.105. The summed E-state index contributed by atoms with van der Waals surface area (Å²) in [5, 5.41) is 8.75. The molecule has 4 aromatic carbocycles. The van der Waals surface area contributed by atoms with Crippen molar-refractivity contribution >= 4 is 11.0 Å². The molecule has 0 bridgehead atoms. The van der Waals surface area contributed by atoms with Gasteiger partial charge < -0.3 is 10.3 Å². The summed E-state index contributed by atoms with van der Waals surface area (Å²) in [4.78, 5) is 6.47. The predicted molar refractivity (Wildman–Crippen MR) is 135 cm³/mol. The molecule has 0 aliphatic rings. The first-order valence-electron chi connectivity index (χ1n) is 11.5. The van der Waals surface area contributed by atoms with E-state index in [0.29, 0.717) is 0 Å². The van der Waals surface area contributed by atoms with Gasteiger partial charge in [0.05, 0.1) is 5.52 Å². The fourth-order valence-corrected chi connectivity index (χ4v) is 4.35. The van der Waals surface area contributed by atoms with Crippen LogP contribution in [0.3, 0.4) is 0 Å². The SMILES string of the molecule is CC(C)C(O[N-]C(c1ccccc1)(c1ccccc1)c1ccccc1)n1nnc2ccccc21.[Li+]. The predicted octanol–water partition coefficient (Wildman–Crippen LogP) is 3.89.